The molecule has 28 heavy (non-hydrogen) atoms. The van der Waals surface area contributed by atoms with Gasteiger partial charge in [0.2, 0.25) is 0 Å². The van der Waals surface area contributed by atoms with E-state index in [2.05, 4.69) is 16.5 Å². The molecule has 6 nitrogen and oxygen atoms in total. The van der Waals surface area contributed by atoms with Crippen molar-refractivity contribution in [3.63, 3.8) is 0 Å². The number of aryl methyl sites for hydroxylation is 1. The third kappa shape index (κ3) is 3.20. The number of benzene rings is 1. The highest BCUT2D eigenvalue weighted by molar-refractivity contribution is 5.49. The number of aromatic nitrogens is 2. The zero-order valence-corrected chi connectivity index (χ0v) is 16.6. The molecule has 0 amide bonds. The Kier molecular flexibility index (Phi) is 4.93. The predicted molar refractivity (Wildman–Crippen MR) is 107 cm³/mol. The SMILES string of the molecule is C=CCc1cc(CN2[C@@H]3CC[C@H]2CC(O)(c2nccn2C)C3)cc(OC)c1O. The summed E-state index contributed by atoms with van der Waals surface area (Å²) in [7, 11) is 3.52. The van der Waals surface area contributed by atoms with E-state index in [9.17, 15) is 10.2 Å². The Bertz CT molecular complexity index is 862. The number of phenolic OH excluding ortho intramolecular Hbond substituents is 1. The number of ether oxygens (including phenoxy) is 1. The molecule has 0 spiro atoms. The monoisotopic (exact) mass is 383 g/mol. The molecule has 2 aromatic rings. The van der Waals surface area contributed by atoms with E-state index >= 15 is 0 Å². The first-order chi connectivity index (χ1) is 13.4. The fourth-order valence-electron chi connectivity index (χ4n) is 5.07. The van der Waals surface area contributed by atoms with E-state index in [1.54, 1.807) is 19.4 Å². The van der Waals surface area contributed by atoms with E-state index in [4.69, 9.17) is 4.74 Å². The summed E-state index contributed by atoms with van der Waals surface area (Å²) in [4.78, 5) is 6.92. The van der Waals surface area contributed by atoms with Crippen LogP contribution in [0.3, 0.4) is 0 Å². The molecule has 1 unspecified atom stereocenters. The van der Waals surface area contributed by atoms with Crippen LogP contribution in [0.2, 0.25) is 0 Å². The number of rotatable bonds is 6. The Labute approximate surface area is 166 Å². The van der Waals surface area contributed by atoms with Crippen LogP contribution in [0.5, 0.6) is 11.5 Å². The van der Waals surface area contributed by atoms with E-state index < -0.39 is 5.60 Å². The maximum atomic E-state index is 11.3. The van der Waals surface area contributed by atoms with Crippen molar-refractivity contribution in [2.75, 3.05) is 7.11 Å². The molecule has 1 aromatic carbocycles. The van der Waals surface area contributed by atoms with E-state index in [0.717, 1.165) is 36.3 Å². The highest BCUT2D eigenvalue weighted by Gasteiger charge is 2.49. The molecule has 4 rings (SSSR count). The fraction of sp³-hybridized carbons (Fsp3) is 0.500. The Hall–Kier alpha value is -2.31. The number of hydrogen-bond acceptors (Lipinski definition) is 5. The summed E-state index contributed by atoms with van der Waals surface area (Å²) < 4.78 is 7.30. The Morgan fingerprint density at radius 2 is 2.04 bits per heavy atom. The Morgan fingerprint density at radius 1 is 1.32 bits per heavy atom. The third-order valence-corrected chi connectivity index (χ3v) is 6.32. The molecule has 2 fully saturated rings. The zero-order valence-electron chi connectivity index (χ0n) is 16.6. The molecule has 2 bridgehead atoms. The fourth-order valence-corrected chi connectivity index (χ4v) is 5.07. The number of methoxy groups -OCH3 is 1. The second-order valence-corrected chi connectivity index (χ2v) is 8.16. The highest BCUT2D eigenvalue weighted by atomic mass is 16.5. The van der Waals surface area contributed by atoms with Gasteiger partial charge in [0.15, 0.2) is 11.5 Å². The van der Waals surface area contributed by atoms with Crippen LogP contribution in [0.25, 0.3) is 0 Å². The van der Waals surface area contributed by atoms with Gasteiger partial charge in [-0.05, 0) is 43.7 Å². The standard InChI is InChI=1S/C22H29N3O3/c1-4-5-16-10-15(11-19(28-3)20(16)26)14-25-17-6-7-18(25)13-22(27,12-17)21-23-8-9-24(21)2/h4,8-11,17-18,26-27H,1,5-7,12-14H2,2-3H3/t17-,18+,22?. The minimum atomic E-state index is -0.860. The predicted octanol–water partition coefficient (Wildman–Crippen LogP) is 2.88. The number of nitrogens with zero attached hydrogens (tertiary/aromatic N) is 3. The van der Waals surface area contributed by atoms with Crippen molar-refractivity contribution in [3.8, 4) is 11.5 Å². The zero-order chi connectivity index (χ0) is 19.9. The van der Waals surface area contributed by atoms with Gasteiger partial charge in [0.1, 0.15) is 11.4 Å². The highest BCUT2D eigenvalue weighted by Crippen LogP contribution is 2.46. The molecular formula is C22H29N3O3. The van der Waals surface area contributed by atoms with Crippen molar-refractivity contribution < 1.29 is 14.9 Å². The van der Waals surface area contributed by atoms with Crippen LogP contribution in [0.15, 0.2) is 37.2 Å². The number of hydrogen-bond donors (Lipinski definition) is 2. The number of imidazole rings is 1. The van der Waals surface area contributed by atoms with Gasteiger partial charge in [0, 0.05) is 43.6 Å². The van der Waals surface area contributed by atoms with Crippen molar-refractivity contribution in [1.29, 1.82) is 0 Å². The average molecular weight is 383 g/mol. The van der Waals surface area contributed by atoms with Gasteiger partial charge in [0.25, 0.3) is 0 Å². The summed E-state index contributed by atoms with van der Waals surface area (Å²) in [5.41, 5.74) is 1.09. The molecule has 3 heterocycles. The molecular weight excluding hydrogens is 354 g/mol. The van der Waals surface area contributed by atoms with E-state index in [-0.39, 0.29) is 5.75 Å². The molecule has 2 aliphatic rings. The van der Waals surface area contributed by atoms with Crippen LogP contribution in [0, 0.1) is 0 Å². The minimum Gasteiger partial charge on any atom is -0.504 e. The summed E-state index contributed by atoms with van der Waals surface area (Å²) in [6, 6.07) is 4.60. The second-order valence-electron chi connectivity index (χ2n) is 8.16. The van der Waals surface area contributed by atoms with Crippen molar-refractivity contribution >= 4 is 0 Å². The van der Waals surface area contributed by atoms with Gasteiger partial charge in [0.05, 0.1) is 7.11 Å². The Balaban J connectivity index is 1.57. The quantitative estimate of drug-likeness (QED) is 0.751. The third-order valence-electron chi connectivity index (χ3n) is 6.32. The first-order valence-corrected chi connectivity index (χ1v) is 9.90. The topological polar surface area (TPSA) is 70.8 Å². The first kappa shape index (κ1) is 19.0. The largest absolute Gasteiger partial charge is 0.504 e. The van der Waals surface area contributed by atoms with Gasteiger partial charge < -0.3 is 19.5 Å². The van der Waals surface area contributed by atoms with Gasteiger partial charge in [-0.2, -0.15) is 0 Å². The lowest BCUT2D eigenvalue weighted by Gasteiger charge is -2.43. The van der Waals surface area contributed by atoms with Crippen LogP contribution >= 0.6 is 0 Å². The maximum absolute atomic E-state index is 11.3. The molecule has 0 radical (unpaired) electrons. The van der Waals surface area contributed by atoms with Crippen LogP contribution in [0.4, 0.5) is 0 Å². The minimum absolute atomic E-state index is 0.192. The second kappa shape index (κ2) is 7.26. The molecule has 0 aliphatic carbocycles. The summed E-state index contributed by atoms with van der Waals surface area (Å²) in [5.74, 6) is 1.46. The molecule has 6 heteroatoms. The molecule has 3 atom stereocenters. The van der Waals surface area contributed by atoms with Crippen molar-refractivity contribution in [1.82, 2.24) is 14.5 Å². The van der Waals surface area contributed by atoms with Crippen molar-refractivity contribution in [2.24, 2.45) is 7.05 Å². The summed E-state index contributed by atoms with van der Waals surface area (Å²) in [6.45, 7) is 4.57. The average Bonchev–Trinajstić information content (AvgIpc) is 3.20. The summed E-state index contributed by atoms with van der Waals surface area (Å²) in [5, 5.41) is 21.7. The smallest absolute Gasteiger partial charge is 0.161 e. The molecule has 0 saturated carbocycles. The van der Waals surface area contributed by atoms with Crippen molar-refractivity contribution in [2.45, 2.75) is 56.3 Å². The summed E-state index contributed by atoms with van der Waals surface area (Å²) in [6.07, 6.45) is 9.61. The molecule has 2 N–H and O–H groups in total. The van der Waals surface area contributed by atoms with E-state index in [1.165, 1.54) is 0 Å². The van der Waals surface area contributed by atoms with Gasteiger partial charge in [-0.3, -0.25) is 4.90 Å². The Morgan fingerprint density at radius 3 is 2.61 bits per heavy atom. The van der Waals surface area contributed by atoms with Crippen LogP contribution in [0.1, 0.15) is 42.6 Å². The number of fused-ring (bicyclic) bond motifs is 2. The normalized spacial score (nSPS) is 27.1. The molecule has 1 aromatic heterocycles. The lowest BCUT2D eigenvalue weighted by molar-refractivity contribution is -0.0669. The lowest BCUT2D eigenvalue weighted by Crippen LogP contribution is -2.50. The van der Waals surface area contributed by atoms with Gasteiger partial charge in [-0.1, -0.05) is 12.1 Å². The number of aliphatic hydroxyl groups is 1. The van der Waals surface area contributed by atoms with Crippen LogP contribution < -0.4 is 4.74 Å². The van der Waals surface area contributed by atoms with Gasteiger partial charge >= 0.3 is 0 Å². The molecule has 150 valence electrons. The maximum Gasteiger partial charge on any atom is 0.161 e. The van der Waals surface area contributed by atoms with Crippen molar-refractivity contribution in [3.05, 3.63) is 54.1 Å². The summed E-state index contributed by atoms with van der Waals surface area (Å²) >= 11 is 0. The van der Waals surface area contributed by atoms with Crippen LogP contribution in [-0.2, 0) is 25.6 Å². The van der Waals surface area contributed by atoms with Gasteiger partial charge in [-0.25, -0.2) is 4.98 Å². The first-order valence-electron chi connectivity index (χ1n) is 9.90. The number of allylic oxidation sites excluding steroid dienone is 1. The van der Waals surface area contributed by atoms with Crippen LogP contribution in [-0.4, -0.2) is 43.9 Å². The van der Waals surface area contributed by atoms with E-state index in [0.29, 0.717) is 37.1 Å². The molecule has 2 saturated heterocycles. The number of aromatic hydroxyl groups is 1. The number of piperidine rings is 1. The molecule has 2 aliphatic heterocycles. The van der Waals surface area contributed by atoms with E-state index in [1.807, 2.05) is 29.9 Å². The number of phenols is 1. The van der Waals surface area contributed by atoms with Gasteiger partial charge in [-0.15, -0.1) is 6.58 Å². The lowest BCUT2D eigenvalue weighted by atomic mass is 9.85.